The molecule has 1 N–H and O–H groups in total. The van der Waals surface area contributed by atoms with Crippen molar-refractivity contribution >= 4 is 6.16 Å². The number of carbonyl (C=O) groups is 1. The topological polar surface area (TPSA) is 55.8 Å². The van der Waals surface area contributed by atoms with Crippen molar-refractivity contribution in [3.63, 3.8) is 0 Å². The lowest BCUT2D eigenvalue weighted by Gasteiger charge is -2.30. The van der Waals surface area contributed by atoms with E-state index < -0.39 is 11.9 Å². The van der Waals surface area contributed by atoms with Gasteiger partial charge in [0, 0.05) is 12.3 Å². The Kier molecular flexibility index (Phi) is 2.39. The molecular formula is C10H16O4. The summed E-state index contributed by atoms with van der Waals surface area (Å²) in [6.07, 6.45) is 2.93. The quantitative estimate of drug-likeness (QED) is 0.544. The van der Waals surface area contributed by atoms with Crippen LogP contribution in [0.1, 0.15) is 32.6 Å². The van der Waals surface area contributed by atoms with Gasteiger partial charge in [-0.05, 0) is 32.1 Å². The summed E-state index contributed by atoms with van der Waals surface area (Å²) in [5.74, 6) is -0.592. The number of aliphatic hydroxyl groups is 1. The van der Waals surface area contributed by atoms with E-state index in [-0.39, 0.29) is 12.5 Å². The summed E-state index contributed by atoms with van der Waals surface area (Å²) in [7, 11) is 0. The second-order valence-electron chi connectivity index (χ2n) is 4.21. The molecule has 4 nitrogen and oxygen atoms in total. The van der Waals surface area contributed by atoms with Crippen molar-refractivity contribution in [1.82, 2.24) is 0 Å². The molecule has 0 spiro atoms. The number of carbonyl (C=O) groups excluding carboxylic acids is 1. The van der Waals surface area contributed by atoms with E-state index in [1.807, 2.05) is 0 Å². The first-order chi connectivity index (χ1) is 6.64. The molecule has 2 fully saturated rings. The van der Waals surface area contributed by atoms with Crippen LogP contribution in [0, 0.1) is 11.8 Å². The Morgan fingerprint density at radius 2 is 2.36 bits per heavy atom. The van der Waals surface area contributed by atoms with Crippen LogP contribution in [0.2, 0.25) is 0 Å². The average molecular weight is 200 g/mol. The average Bonchev–Trinajstić information content (AvgIpc) is 2.62. The molecular weight excluding hydrogens is 184 g/mol. The molecule has 2 bridgehead atoms. The summed E-state index contributed by atoms with van der Waals surface area (Å²) in [6.45, 7) is 2.00. The van der Waals surface area contributed by atoms with E-state index in [2.05, 4.69) is 4.74 Å². The minimum absolute atomic E-state index is 0.122. The molecule has 0 aliphatic heterocycles. The monoisotopic (exact) mass is 200 g/mol. The Morgan fingerprint density at radius 3 is 2.86 bits per heavy atom. The molecule has 2 saturated carbocycles. The Balaban J connectivity index is 1.93. The third kappa shape index (κ3) is 1.59. The van der Waals surface area contributed by atoms with Crippen molar-refractivity contribution in [2.24, 2.45) is 11.8 Å². The van der Waals surface area contributed by atoms with Gasteiger partial charge in [0.25, 0.3) is 0 Å². The number of hydrogen-bond acceptors (Lipinski definition) is 4. The van der Waals surface area contributed by atoms with Gasteiger partial charge in [-0.15, -0.1) is 0 Å². The second kappa shape index (κ2) is 3.42. The van der Waals surface area contributed by atoms with Gasteiger partial charge in [0.2, 0.25) is 5.79 Å². The van der Waals surface area contributed by atoms with Gasteiger partial charge in [0.15, 0.2) is 0 Å². The van der Waals surface area contributed by atoms with Gasteiger partial charge in [-0.25, -0.2) is 4.79 Å². The highest BCUT2D eigenvalue weighted by atomic mass is 16.8. The highest BCUT2D eigenvalue weighted by molar-refractivity contribution is 5.60. The zero-order chi connectivity index (χ0) is 10.2. The highest BCUT2D eigenvalue weighted by Gasteiger charge is 2.53. The largest absolute Gasteiger partial charge is 0.510 e. The predicted octanol–water partition coefficient (Wildman–Crippen LogP) is 1.67. The first-order valence-corrected chi connectivity index (χ1v) is 5.22. The number of ether oxygens (including phenoxy) is 2. The molecule has 0 amide bonds. The van der Waals surface area contributed by atoms with E-state index in [0.717, 1.165) is 19.3 Å². The fourth-order valence-corrected chi connectivity index (χ4v) is 2.67. The molecule has 0 saturated heterocycles. The molecule has 4 heteroatoms. The van der Waals surface area contributed by atoms with E-state index in [4.69, 9.17) is 4.74 Å². The van der Waals surface area contributed by atoms with Crippen LogP contribution in [0.15, 0.2) is 0 Å². The Hall–Kier alpha value is -0.770. The summed E-state index contributed by atoms with van der Waals surface area (Å²) in [5.41, 5.74) is 0. The number of fused-ring (bicyclic) bond motifs is 2. The summed E-state index contributed by atoms with van der Waals surface area (Å²) < 4.78 is 9.62. The standard InChI is InChI=1S/C10H16O4/c1-2-13-9(11)14-10(12)6-7-3-4-8(10)5-7/h7-8,12H,2-6H2,1H3. The minimum Gasteiger partial charge on any atom is -0.435 e. The van der Waals surface area contributed by atoms with Gasteiger partial charge in [-0.2, -0.15) is 0 Å². The van der Waals surface area contributed by atoms with E-state index >= 15 is 0 Å². The molecule has 3 unspecified atom stereocenters. The van der Waals surface area contributed by atoms with Crippen LogP contribution < -0.4 is 0 Å². The molecule has 0 radical (unpaired) electrons. The lowest BCUT2D eigenvalue weighted by atomic mass is 9.94. The van der Waals surface area contributed by atoms with Gasteiger partial charge >= 0.3 is 6.16 Å². The van der Waals surface area contributed by atoms with Gasteiger partial charge in [0.1, 0.15) is 0 Å². The van der Waals surface area contributed by atoms with Gasteiger partial charge in [-0.1, -0.05) is 0 Å². The van der Waals surface area contributed by atoms with Gasteiger partial charge in [0.05, 0.1) is 6.61 Å². The summed E-state index contributed by atoms with van der Waals surface area (Å²) >= 11 is 0. The van der Waals surface area contributed by atoms with Crippen molar-refractivity contribution in [3.05, 3.63) is 0 Å². The highest BCUT2D eigenvalue weighted by Crippen LogP contribution is 2.51. The molecule has 2 rings (SSSR count). The van der Waals surface area contributed by atoms with Crippen LogP contribution in [0.4, 0.5) is 4.79 Å². The fourth-order valence-electron chi connectivity index (χ4n) is 2.67. The van der Waals surface area contributed by atoms with Crippen molar-refractivity contribution in [2.45, 2.75) is 38.4 Å². The maximum absolute atomic E-state index is 11.1. The predicted molar refractivity (Wildman–Crippen MR) is 48.5 cm³/mol. The van der Waals surface area contributed by atoms with E-state index in [1.54, 1.807) is 6.92 Å². The van der Waals surface area contributed by atoms with Gasteiger partial charge in [-0.3, -0.25) is 0 Å². The van der Waals surface area contributed by atoms with Crippen molar-refractivity contribution < 1.29 is 19.4 Å². The Bertz CT molecular complexity index is 240. The Labute approximate surface area is 83.2 Å². The van der Waals surface area contributed by atoms with E-state index in [0.29, 0.717) is 12.3 Å². The second-order valence-corrected chi connectivity index (χ2v) is 4.21. The van der Waals surface area contributed by atoms with Crippen LogP contribution in [0.3, 0.4) is 0 Å². The van der Waals surface area contributed by atoms with Gasteiger partial charge < -0.3 is 14.6 Å². The van der Waals surface area contributed by atoms with Crippen LogP contribution in [0.25, 0.3) is 0 Å². The molecule has 14 heavy (non-hydrogen) atoms. The third-order valence-electron chi connectivity index (χ3n) is 3.28. The number of rotatable bonds is 2. The minimum atomic E-state index is -1.24. The molecule has 3 atom stereocenters. The first kappa shape index (κ1) is 9.77. The summed E-state index contributed by atoms with van der Waals surface area (Å²) in [5, 5.41) is 10.1. The smallest absolute Gasteiger partial charge is 0.435 e. The van der Waals surface area contributed by atoms with Crippen molar-refractivity contribution in [2.75, 3.05) is 6.61 Å². The zero-order valence-electron chi connectivity index (χ0n) is 8.36. The fraction of sp³-hybridized carbons (Fsp3) is 0.900. The normalized spacial score (nSPS) is 39.9. The molecule has 0 heterocycles. The molecule has 0 aromatic heterocycles. The molecule has 0 aromatic carbocycles. The third-order valence-corrected chi connectivity index (χ3v) is 3.28. The van der Waals surface area contributed by atoms with E-state index in [1.165, 1.54) is 0 Å². The zero-order valence-corrected chi connectivity index (χ0v) is 8.36. The Morgan fingerprint density at radius 1 is 1.57 bits per heavy atom. The van der Waals surface area contributed by atoms with E-state index in [9.17, 15) is 9.90 Å². The lowest BCUT2D eigenvalue weighted by Crippen LogP contribution is -2.40. The van der Waals surface area contributed by atoms with Crippen LogP contribution in [0.5, 0.6) is 0 Å². The van der Waals surface area contributed by atoms with Crippen LogP contribution in [-0.4, -0.2) is 23.7 Å². The molecule has 0 aromatic rings. The molecule has 2 aliphatic carbocycles. The van der Waals surface area contributed by atoms with Crippen LogP contribution in [-0.2, 0) is 9.47 Å². The summed E-state index contributed by atoms with van der Waals surface area (Å²) in [6, 6.07) is 0. The van der Waals surface area contributed by atoms with Crippen molar-refractivity contribution in [3.8, 4) is 0 Å². The summed E-state index contributed by atoms with van der Waals surface area (Å²) in [4.78, 5) is 11.1. The molecule has 2 aliphatic rings. The first-order valence-electron chi connectivity index (χ1n) is 5.22. The van der Waals surface area contributed by atoms with Crippen LogP contribution >= 0.6 is 0 Å². The maximum Gasteiger partial charge on any atom is 0.510 e. The SMILES string of the molecule is CCOC(=O)OC1(O)CC2CCC1C2. The number of hydrogen-bond donors (Lipinski definition) is 1. The van der Waals surface area contributed by atoms with Crippen molar-refractivity contribution in [1.29, 1.82) is 0 Å². The maximum atomic E-state index is 11.1. The lowest BCUT2D eigenvalue weighted by molar-refractivity contribution is -0.206. The molecule has 80 valence electrons.